The lowest BCUT2D eigenvalue weighted by molar-refractivity contribution is -0.154. The third kappa shape index (κ3) is 5.29. The third-order valence-electron chi connectivity index (χ3n) is 5.42. The highest BCUT2D eigenvalue weighted by atomic mass is 19.4. The highest BCUT2D eigenvalue weighted by Crippen LogP contribution is 2.27. The maximum atomic E-state index is 12.8. The topological polar surface area (TPSA) is 101 Å². The van der Waals surface area contributed by atoms with Crippen LogP contribution in [0.2, 0.25) is 0 Å². The van der Waals surface area contributed by atoms with Crippen molar-refractivity contribution in [3.63, 3.8) is 0 Å². The molecule has 0 aliphatic carbocycles. The van der Waals surface area contributed by atoms with Crippen molar-refractivity contribution in [2.75, 3.05) is 50.1 Å². The molecule has 2 saturated heterocycles. The molecule has 13 heteroatoms. The Bertz CT molecular complexity index is 1030. The maximum absolute atomic E-state index is 12.8. The molecule has 34 heavy (non-hydrogen) atoms. The molecule has 4 rings (SSSR count). The molecule has 2 amide bonds. The first kappa shape index (κ1) is 23.5. The Hall–Kier alpha value is -3.64. The number of hydrogen-bond donors (Lipinski definition) is 0. The van der Waals surface area contributed by atoms with E-state index in [1.54, 1.807) is 31.4 Å². The van der Waals surface area contributed by atoms with Crippen molar-refractivity contribution in [3.05, 3.63) is 30.7 Å². The van der Waals surface area contributed by atoms with Gasteiger partial charge in [-0.15, -0.1) is 0 Å². The largest absolute Gasteiger partial charge is 0.479 e. The normalized spacial score (nSPS) is 18.6. The van der Waals surface area contributed by atoms with Crippen LogP contribution in [0.1, 0.15) is 6.42 Å². The van der Waals surface area contributed by atoms with Gasteiger partial charge in [-0.3, -0.25) is 9.59 Å². The van der Waals surface area contributed by atoms with Crippen LogP contribution in [-0.2, 0) is 9.59 Å². The Morgan fingerprint density at radius 1 is 1.15 bits per heavy atom. The van der Waals surface area contributed by atoms with Gasteiger partial charge < -0.3 is 24.2 Å². The summed E-state index contributed by atoms with van der Waals surface area (Å²) >= 11 is 0. The quantitative estimate of drug-likeness (QED) is 0.588. The Morgan fingerprint density at radius 3 is 2.44 bits per heavy atom. The molecule has 1 atom stereocenters. The molecule has 2 aromatic rings. The second kappa shape index (κ2) is 9.31. The number of pyridine rings is 1. The first-order valence-corrected chi connectivity index (χ1v) is 10.5. The summed E-state index contributed by atoms with van der Waals surface area (Å²) in [5.74, 6) is 0.252. The van der Waals surface area contributed by atoms with Gasteiger partial charge >= 0.3 is 6.18 Å². The number of aromatic nitrogens is 3. The number of halogens is 3. The number of nitrogens with zero attached hydrogens (tertiary/aromatic N) is 6. The van der Waals surface area contributed by atoms with E-state index >= 15 is 0 Å². The monoisotopic (exact) mass is 480 g/mol. The SMILES string of the molecule is CN(C)C(=O)C1CN(c2ncc(N3CC[C@@H](Oc4ccc(OCC(F)(F)F)nc4)C3=O)cn2)C1. The van der Waals surface area contributed by atoms with Crippen molar-refractivity contribution in [1.82, 2.24) is 19.9 Å². The van der Waals surface area contributed by atoms with Crippen LogP contribution in [0.3, 0.4) is 0 Å². The van der Waals surface area contributed by atoms with E-state index in [0.717, 1.165) is 0 Å². The lowest BCUT2D eigenvalue weighted by Gasteiger charge is -2.39. The molecular formula is C21H23F3N6O4. The standard InChI is InChI=1S/C21H23F3N6O4/c1-28(2)18(31)13-10-29(11-13)20-26-7-14(8-27-20)30-6-5-16(19(30)32)34-15-3-4-17(25-9-15)33-12-21(22,23)24/h3-4,7-9,13,16H,5-6,10-12H2,1-2H3/t16-/m1/s1. The molecule has 0 aromatic carbocycles. The number of rotatable bonds is 7. The number of amides is 2. The number of carbonyl (C=O) groups excluding carboxylic acids is 2. The van der Waals surface area contributed by atoms with Crippen LogP contribution in [0.5, 0.6) is 11.6 Å². The van der Waals surface area contributed by atoms with Gasteiger partial charge in [0.25, 0.3) is 5.91 Å². The number of alkyl halides is 3. The van der Waals surface area contributed by atoms with E-state index in [0.29, 0.717) is 37.7 Å². The lowest BCUT2D eigenvalue weighted by Crippen LogP contribution is -2.54. The zero-order chi connectivity index (χ0) is 24.5. The zero-order valence-corrected chi connectivity index (χ0v) is 18.5. The Morgan fingerprint density at radius 2 is 1.85 bits per heavy atom. The van der Waals surface area contributed by atoms with Gasteiger partial charge in [0.2, 0.25) is 17.7 Å². The van der Waals surface area contributed by atoms with Crippen LogP contribution >= 0.6 is 0 Å². The van der Waals surface area contributed by atoms with Crippen LogP contribution < -0.4 is 19.3 Å². The Labute approximate surface area is 193 Å². The van der Waals surface area contributed by atoms with Crippen molar-refractivity contribution < 1.29 is 32.2 Å². The molecule has 2 fully saturated rings. The highest BCUT2D eigenvalue weighted by Gasteiger charge is 2.37. The minimum atomic E-state index is -4.46. The van der Waals surface area contributed by atoms with Crippen molar-refractivity contribution in [3.8, 4) is 11.6 Å². The first-order chi connectivity index (χ1) is 16.1. The van der Waals surface area contributed by atoms with E-state index in [9.17, 15) is 22.8 Å². The van der Waals surface area contributed by atoms with Crippen molar-refractivity contribution in [2.24, 2.45) is 5.92 Å². The van der Waals surface area contributed by atoms with E-state index in [1.807, 2.05) is 4.90 Å². The summed E-state index contributed by atoms with van der Waals surface area (Å²) in [5, 5.41) is 0. The molecule has 0 bridgehead atoms. The van der Waals surface area contributed by atoms with Gasteiger partial charge in [-0.05, 0) is 6.07 Å². The molecule has 10 nitrogen and oxygen atoms in total. The van der Waals surface area contributed by atoms with Gasteiger partial charge in [-0.1, -0.05) is 0 Å². The smallest absolute Gasteiger partial charge is 0.422 e. The summed E-state index contributed by atoms with van der Waals surface area (Å²) in [6.07, 6.45) is -0.498. The van der Waals surface area contributed by atoms with E-state index in [1.165, 1.54) is 23.2 Å². The molecule has 0 spiro atoms. The second-order valence-electron chi connectivity index (χ2n) is 8.20. The summed E-state index contributed by atoms with van der Waals surface area (Å²) in [4.78, 5) is 42.1. The molecule has 4 heterocycles. The Kier molecular flexibility index (Phi) is 6.44. The fourth-order valence-electron chi connectivity index (χ4n) is 3.64. The van der Waals surface area contributed by atoms with Crippen LogP contribution in [0.15, 0.2) is 30.7 Å². The molecule has 2 aliphatic rings. The summed E-state index contributed by atoms with van der Waals surface area (Å²) in [6.45, 7) is 0.0468. The summed E-state index contributed by atoms with van der Waals surface area (Å²) in [5.41, 5.74) is 0.523. The highest BCUT2D eigenvalue weighted by molar-refractivity contribution is 5.98. The number of anilines is 2. The number of ether oxygens (including phenoxy) is 2. The molecule has 0 N–H and O–H groups in total. The predicted molar refractivity (Wildman–Crippen MR) is 114 cm³/mol. The maximum Gasteiger partial charge on any atom is 0.422 e. The van der Waals surface area contributed by atoms with Crippen LogP contribution in [0, 0.1) is 5.92 Å². The van der Waals surface area contributed by atoms with E-state index in [2.05, 4.69) is 19.7 Å². The predicted octanol–water partition coefficient (Wildman–Crippen LogP) is 1.52. The average Bonchev–Trinajstić information content (AvgIpc) is 3.12. The van der Waals surface area contributed by atoms with Crippen molar-refractivity contribution in [2.45, 2.75) is 18.7 Å². The molecule has 0 radical (unpaired) electrons. The van der Waals surface area contributed by atoms with Gasteiger partial charge in [0.05, 0.1) is 30.2 Å². The molecule has 0 unspecified atom stereocenters. The number of hydrogen-bond acceptors (Lipinski definition) is 8. The van der Waals surface area contributed by atoms with Crippen molar-refractivity contribution in [1.29, 1.82) is 0 Å². The van der Waals surface area contributed by atoms with Crippen LogP contribution in [-0.4, -0.2) is 84.3 Å². The van der Waals surface area contributed by atoms with Gasteiger partial charge in [0, 0.05) is 46.2 Å². The van der Waals surface area contributed by atoms with Gasteiger partial charge in [-0.2, -0.15) is 13.2 Å². The molecular weight excluding hydrogens is 457 g/mol. The third-order valence-corrected chi connectivity index (χ3v) is 5.42. The minimum Gasteiger partial charge on any atom is -0.479 e. The molecule has 2 aliphatic heterocycles. The average molecular weight is 480 g/mol. The zero-order valence-electron chi connectivity index (χ0n) is 18.5. The first-order valence-electron chi connectivity index (χ1n) is 10.5. The van der Waals surface area contributed by atoms with Crippen LogP contribution in [0.25, 0.3) is 0 Å². The lowest BCUT2D eigenvalue weighted by atomic mass is 9.99. The number of carbonyl (C=O) groups is 2. The van der Waals surface area contributed by atoms with Gasteiger partial charge in [0.15, 0.2) is 12.7 Å². The van der Waals surface area contributed by atoms with Gasteiger partial charge in [-0.25, -0.2) is 15.0 Å². The fourth-order valence-corrected chi connectivity index (χ4v) is 3.64. The summed E-state index contributed by atoms with van der Waals surface area (Å²) < 4.78 is 46.9. The summed E-state index contributed by atoms with van der Waals surface area (Å²) in [6, 6.07) is 2.64. The van der Waals surface area contributed by atoms with E-state index in [-0.39, 0.29) is 29.4 Å². The molecule has 182 valence electrons. The van der Waals surface area contributed by atoms with E-state index < -0.39 is 18.9 Å². The molecule has 0 saturated carbocycles. The summed E-state index contributed by atoms with van der Waals surface area (Å²) in [7, 11) is 3.44. The van der Waals surface area contributed by atoms with E-state index in [4.69, 9.17) is 4.74 Å². The van der Waals surface area contributed by atoms with Gasteiger partial charge in [0.1, 0.15) is 5.75 Å². The minimum absolute atomic E-state index is 0.0697. The Balaban J connectivity index is 1.30. The van der Waals surface area contributed by atoms with Crippen molar-refractivity contribution >= 4 is 23.5 Å². The molecule has 2 aromatic heterocycles. The van der Waals surface area contributed by atoms with Crippen LogP contribution in [0.4, 0.5) is 24.8 Å². The fraction of sp³-hybridized carbons (Fsp3) is 0.476. The second-order valence-corrected chi connectivity index (χ2v) is 8.20.